The molecule has 1 aromatic carbocycles. The van der Waals surface area contributed by atoms with Crippen LogP contribution < -0.4 is 16.0 Å². The van der Waals surface area contributed by atoms with E-state index in [4.69, 9.17) is 5.73 Å². The maximum atomic E-state index is 12.3. The first-order valence-corrected chi connectivity index (χ1v) is 9.31. The number of nitrogens with zero attached hydrogens (tertiary/aromatic N) is 3. The highest BCUT2D eigenvalue weighted by molar-refractivity contribution is 5.77. The van der Waals surface area contributed by atoms with E-state index in [2.05, 4.69) is 33.2 Å². The van der Waals surface area contributed by atoms with E-state index in [9.17, 15) is 4.79 Å². The van der Waals surface area contributed by atoms with Crippen molar-refractivity contribution in [2.24, 2.45) is 5.73 Å². The zero-order chi connectivity index (χ0) is 18.4. The molecule has 0 bridgehead atoms. The van der Waals surface area contributed by atoms with Gasteiger partial charge in [0.1, 0.15) is 12.1 Å². The van der Waals surface area contributed by atoms with Gasteiger partial charge in [-0.2, -0.15) is 0 Å². The van der Waals surface area contributed by atoms with Crippen molar-refractivity contribution < 1.29 is 4.79 Å². The van der Waals surface area contributed by atoms with Gasteiger partial charge in [-0.15, -0.1) is 0 Å². The lowest BCUT2D eigenvalue weighted by Crippen LogP contribution is -2.45. The van der Waals surface area contributed by atoms with E-state index < -0.39 is 0 Å². The van der Waals surface area contributed by atoms with Gasteiger partial charge in [-0.05, 0) is 24.8 Å². The highest BCUT2D eigenvalue weighted by Gasteiger charge is 2.22. The van der Waals surface area contributed by atoms with Crippen molar-refractivity contribution in [1.82, 2.24) is 15.3 Å². The third kappa shape index (κ3) is 4.79. The molecule has 0 radical (unpaired) electrons. The van der Waals surface area contributed by atoms with Gasteiger partial charge < -0.3 is 16.0 Å². The molecular weight excluding hydrogens is 326 g/mol. The van der Waals surface area contributed by atoms with Crippen molar-refractivity contribution in [2.75, 3.05) is 18.0 Å². The molecule has 1 saturated heterocycles. The van der Waals surface area contributed by atoms with Gasteiger partial charge in [0, 0.05) is 43.4 Å². The highest BCUT2D eigenvalue weighted by Crippen LogP contribution is 2.19. The van der Waals surface area contributed by atoms with Crippen molar-refractivity contribution in [1.29, 1.82) is 0 Å². The van der Waals surface area contributed by atoms with Crippen molar-refractivity contribution in [3.63, 3.8) is 0 Å². The second kappa shape index (κ2) is 8.76. The Labute approximate surface area is 154 Å². The molecule has 6 nitrogen and oxygen atoms in total. The van der Waals surface area contributed by atoms with Crippen LogP contribution in [0.15, 0.2) is 42.7 Å². The van der Waals surface area contributed by atoms with E-state index in [-0.39, 0.29) is 18.0 Å². The minimum atomic E-state index is -0.259. The predicted molar refractivity (Wildman–Crippen MR) is 103 cm³/mol. The molecule has 2 aromatic rings. The Bertz CT molecular complexity index is 713. The third-order valence-electron chi connectivity index (χ3n) is 4.89. The summed E-state index contributed by atoms with van der Waals surface area (Å²) >= 11 is 0. The molecule has 1 aliphatic heterocycles. The summed E-state index contributed by atoms with van der Waals surface area (Å²) in [6.45, 7) is 3.86. The molecular formula is C20H27N5O. The SMILES string of the molecule is CCc1cc(N2CCC(NC(=O)CC(N)c3ccccc3)CC2)ncn1. The monoisotopic (exact) mass is 353 g/mol. The van der Waals surface area contributed by atoms with Crippen LogP contribution in [0.25, 0.3) is 0 Å². The Morgan fingerprint density at radius 1 is 1.27 bits per heavy atom. The number of hydrogen-bond acceptors (Lipinski definition) is 5. The number of aromatic nitrogens is 2. The molecule has 3 N–H and O–H groups in total. The highest BCUT2D eigenvalue weighted by atomic mass is 16.1. The molecule has 6 heteroatoms. The second-order valence-corrected chi connectivity index (χ2v) is 6.77. The van der Waals surface area contributed by atoms with Crippen molar-refractivity contribution in [3.8, 4) is 0 Å². The molecule has 138 valence electrons. The van der Waals surface area contributed by atoms with Crippen LogP contribution in [0, 0.1) is 0 Å². The topological polar surface area (TPSA) is 84.1 Å². The first-order chi connectivity index (χ1) is 12.7. The van der Waals surface area contributed by atoms with Gasteiger partial charge in [0.15, 0.2) is 0 Å². The molecule has 0 aliphatic carbocycles. The van der Waals surface area contributed by atoms with Gasteiger partial charge in [0.2, 0.25) is 5.91 Å². The lowest BCUT2D eigenvalue weighted by Gasteiger charge is -2.33. The first-order valence-electron chi connectivity index (χ1n) is 9.31. The zero-order valence-corrected chi connectivity index (χ0v) is 15.3. The summed E-state index contributed by atoms with van der Waals surface area (Å²) in [4.78, 5) is 23.2. The maximum absolute atomic E-state index is 12.3. The van der Waals surface area contributed by atoms with Crippen LogP contribution >= 0.6 is 0 Å². The molecule has 1 aliphatic rings. The zero-order valence-electron chi connectivity index (χ0n) is 15.3. The quantitative estimate of drug-likeness (QED) is 0.832. The molecule has 1 aromatic heterocycles. The average molecular weight is 353 g/mol. The van der Waals surface area contributed by atoms with Crippen LogP contribution in [0.1, 0.15) is 43.5 Å². The van der Waals surface area contributed by atoms with Crippen molar-refractivity contribution >= 4 is 11.7 Å². The largest absolute Gasteiger partial charge is 0.356 e. The summed E-state index contributed by atoms with van der Waals surface area (Å²) in [5.74, 6) is 1.00. The fraction of sp³-hybridized carbons (Fsp3) is 0.450. The van der Waals surface area contributed by atoms with Gasteiger partial charge in [0.25, 0.3) is 0 Å². The number of nitrogens with two attached hydrogens (primary N) is 1. The Morgan fingerprint density at radius 3 is 2.69 bits per heavy atom. The molecule has 2 heterocycles. The number of piperidine rings is 1. The Balaban J connectivity index is 1.47. The summed E-state index contributed by atoms with van der Waals surface area (Å²) in [6.07, 6.45) is 4.68. The minimum absolute atomic E-state index is 0.0232. The van der Waals surface area contributed by atoms with E-state index in [0.29, 0.717) is 6.42 Å². The summed E-state index contributed by atoms with van der Waals surface area (Å²) in [7, 11) is 0. The van der Waals surface area contributed by atoms with Crippen LogP contribution in [0.2, 0.25) is 0 Å². The average Bonchev–Trinajstić information content (AvgIpc) is 2.69. The Kier molecular flexibility index (Phi) is 6.17. The van der Waals surface area contributed by atoms with E-state index in [1.165, 1.54) is 0 Å². The first kappa shape index (κ1) is 18.3. The summed E-state index contributed by atoms with van der Waals surface area (Å²) in [6, 6.07) is 11.8. The smallest absolute Gasteiger partial charge is 0.222 e. The van der Waals surface area contributed by atoms with Crippen LogP contribution in [-0.4, -0.2) is 35.0 Å². The number of benzene rings is 1. The fourth-order valence-electron chi connectivity index (χ4n) is 3.31. The van der Waals surface area contributed by atoms with Crippen LogP contribution in [0.5, 0.6) is 0 Å². The van der Waals surface area contributed by atoms with E-state index in [1.807, 2.05) is 30.3 Å². The van der Waals surface area contributed by atoms with Crippen molar-refractivity contribution in [3.05, 3.63) is 54.0 Å². The van der Waals surface area contributed by atoms with E-state index in [1.54, 1.807) is 6.33 Å². The molecule has 1 amide bonds. The maximum Gasteiger partial charge on any atom is 0.222 e. The fourth-order valence-corrected chi connectivity index (χ4v) is 3.31. The van der Waals surface area contributed by atoms with Crippen LogP contribution in [0.3, 0.4) is 0 Å². The molecule has 0 spiro atoms. The number of aryl methyl sites for hydroxylation is 1. The Hall–Kier alpha value is -2.47. The number of nitrogens with one attached hydrogen (secondary N) is 1. The minimum Gasteiger partial charge on any atom is -0.356 e. The van der Waals surface area contributed by atoms with Crippen LogP contribution in [0.4, 0.5) is 5.82 Å². The van der Waals surface area contributed by atoms with Crippen molar-refractivity contribution in [2.45, 2.75) is 44.7 Å². The van der Waals surface area contributed by atoms with E-state index in [0.717, 1.165) is 49.4 Å². The lowest BCUT2D eigenvalue weighted by atomic mass is 10.0. The number of anilines is 1. The number of hydrogen-bond donors (Lipinski definition) is 2. The molecule has 3 rings (SSSR count). The second-order valence-electron chi connectivity index (χ2n) is 6.77. The summed E-state index contributed by atoms with van der Waals surface area (Å²) < 4.78 is 0. The molecule has 1 atom stereocenters. The lowest BCUT2D eigenvalue weighted by molar-refractivity contribution is -0.122. The summed E-state index contributed by atoms with van der Waals surface area (Å²) in [5, 5.41) is 3.14. The molecule has 0 saturated carbocycles. The van der Waals surface area contributed by atoms with Gasteiger partial charge in [-0.1, -0.05) is 37.3 Å². The van der Waals surface area contributed by atoms with E-state index >= 15 is 0 Å². The number of rotatable bonds is 6. The predicted octanol–water partition coefficient (Wildman–Crippen LogP) is 2.21. The molecule has 1 fully saturated rings. The Morgan fingerprint density at radius 2 is 2.00 bits per heavy atom. The van der Waals surface area contributed by atoms with Crippen LogP contribution in [-0.2, 0) is 11.2 Å². The molecule has 26 heavy (non-hydrogen) atoms. The number of carbonyl (C=O) groups excluding carboxylic acids is 1. The standard InChI is InChI=1S/C20H27N5O/c1-2-16-12-19(23-14-22-16)25-10-8-17(9-11-25)24-20(26)13-18(21)15-6-4-3-5-7-15/h3-7,12,14,17-18H,2,8-11,13,21H2,1H3,(H,24,26). The van der Waals surface area contributed by atoms with Gasteiger partial charge in [-0.3, -0.25) is 4.79 Å². The normalized spacial score (nSPS) is 16.3. The van der Waals surface area contributed by atoms with Gasteiger partial charge >= 0.3 is 0 Å². The number of amides is 1. The third-order valence-corrected chi connectivity index (χ3v) is 4.89. The summed E-state index contributed by atoms with van der Waals surface area (Å²) in [5.41, 5.74) is 8.19. The van der Waals surface area contributed by atoms with Gasteiger partial charge in [-0.25, -0.2) is 9.97 Å². The number of carbonyl (C=O) groups is 1. The van der Waals surface area contributed by atoms with Gasteiger partial charge in [0.05, 0.1) is 0 Å². The molecule has 1 unspecified atom stereocenters.